The number of hydrazine groups is 1. The highest BCUT2D eigenvalue weighted by atomic mass is 35.5. The molecule has 0 bridgehead atoms. The molecule has 0 spiro atoms. The fourth-order valence-electron chi connectivity index (χ4n) is 2.77. The van der Waals surface area contributed by atoms with E-state index in [0.29, 0.717) is 14.2 Å². The zero-order valence-electron chi connectivity index (χ0n) is 15.0. The fourth-order valence-corrected chi connectivity index (χ4v) is 4.20. The van der Waals surface area contributed by atoms with Crippen molar-refractivity contribution >= 4 is 57.8 Å². The van der Waals surface area contributed by atoms with Gasteiger partial charge in [-0.25, -0.2) is 5.01 Å². The Hall–Kier alpha value is -1.45. The number of amides is 2. The minimum Gasteiger partial charge on any atom is -0.304 e. The average Bonchev–Trinajstić information content (AvgIpc) is 2.90. The maximum atomic E-state index is 12.6. The van der Waals surface area contributed by atoms with Crippen molar-refractivity contribution in [1.82, 2.24) is 20.2 Å². The van der Waals surface area contributed by atoms with E-state index >= 15 is 0 Å². The Labute approximate surface area is 173 Å². The normalized spacial score (nSPS) is 20.5. The van der Waals surface area contributed by atoms with Gasteiger partial charge in [-0.05, 0) is 30.8 Å². The Balaban J connectivity index is 1.53. The number of benzene rings is 1. The summed E-state index contributed by atoms with van der Waals surface area (Å²) in [6.45, 7) is 3.72. The van der Waals surface area contributed by atoms with Gasteiger partial charge in [-0.15, -0.1) is 0 Å². The summed E-state index contributed by atoms with van der Waals surface area (Å²) in [6, 6.07) is 7.24. The van der Waals surface area contributed by atoms with E-state index in [1.54, 1.807) is 18.2 Å². The van der Waals surface area contributed by atoms with Gasteiger partial charge >= 0.3 is 0 Å². The van der Waals surface area contributed by atoms with Crippen LogP contribution in [0, 0.1) is 0 Å². The van der Waals surface area contributed by atoms with Crippen LogP contribution in [0.3, 0.4) is 0 Å². The number of carbonyl (C=O) groups is 2. The molecular weight excluding hydrogens is 404 g/mol. The Morgan fingerprint density at radius 2 is 1.93 bits per heavy atom. The molecule has 2 fully saturated rings. The number of nitrogens with one attached hydrogen (secondary N) is 1. The topological polar surface area (TPSA) is 55.9 Å². The van der Waals surface area contributed by atoms with Crippen LogP contribution in [0.25, 0.3) is 6.08 Å². The Morgan fingerprint density at radius 3 is 2.59 bits per heavy atom. The molecule has 9 heteroatoms. The second-order valence-electron chi connectivity index (χ2n) is 6.46. The van der Waals surface area contributed by atoms with Gasteiger partial charge in [0.25, 0.3) is 5.91 Å². The molecule has 1 aromatic rings. The lowest BCUT2D eigenvalue weighted by Crippen LogP contribution is -2.52. The molecule has 2 saturated heterocycles. The highest BCUT2D eigenvalue weighted by Crippen LogP contribution is 2.32. The number of carbonyl (C=O) groups excluding carboxylic acids is 2. The van der Waals surface area contributed by atoms with Crippen molar-refractivity contribution < 1.29 is 9.59 Å². The van der Waals surface area contributed by atoms with Crippen molar-refractivity contribution in [2.24, 2.45) is 0 Å². The van der Waals surface area contributed by atoms with Crippen molar-refractivity contribution in [2.75, 3.05) is 39.8 Å². The van der Waals surface area contributed by atoms with Gasteiger partial charge in [0.1, 0.15) is 4.32 Å². The second-order valence-corrected chi connectivity index (χ2v) is 8.57. The molecule has 144 valence electrons. The third-order valence-corrected chi connectivity index (χ3v) is 6.02. The standard InChI is InChI=1S/C18H21ClN4O2S2/c1-21-8-10-22(11-9-21)20-16(24)6-7-23-17(25)15(27-18(23)26)12-13-2-4-14(19)5-3-13/h2-5,12H,6-11H2,1H3,(H,20,24)/b15-12+. The van der Waals surface area contributed by atoms with Crippen molar-refractivity contribution in [3.05, 3.63) is 39.8 Å². The zero-order valence-corrected chi connectivity index (χ0v) is 17.4. The predicted octanol–water partition coefficient (Wildman–Crippen LogP) is 2.21. The summed E-state index contributed by atoms with van der Waals surface area (Å²) in [5, 5.41) is 2.57. The molecule has 0 aliphatic carbocycles. The minimum absolute atomic E-state index is 0.102. The van der Waals surface area contributed by atoms with Crippen LogP contribution in [0.1, 0.15) is 12.0 Å². The molecule has 0 aromatic heterocycles. The molecule has 0 saturated carbocycles. The molecule has 2 aliphatic heterocycles. The van der Waals surface area contributed by atoms with E-state index in [1.165, 1.54) is 16.7 Å². The van der Waals surface area contributed by atoms with Crippen LogP contribution < -0.4 is 5.43 Å². The molecule has 1 N–H and O–H groups in total. The summed E-state index contributed by atoms with van der Waals surface area (Å²) in [6.07, 6.45) is 2.01. The molecule has 3 rings (SSSR count). The number of thioether (sulfide) groups is 1. The first-order chi connectivity index (χ1) is 12.9. The van der Waals surface area contributed by atoms with E-state index in [0.717, 1.165) is 31.7 Å². The Morgan fingerprint density at radius 1 is 1.26 bits per heavy atom. The van der Waals surface area contributed by atoms with Gasteiger partial charge in [-0.1, -0.05) is 47.7 Å². The molecule has 2 aliphatic rings. The van der Waals surface area contributed by atoms with Gasteiger partial charge in [0.15, 0.2) is 0 Å². The SMILES string of the molecule is CN1CCN(NC(=O)CCN2C(=O)/C(=C\c3ccc(Cl)cc3)SC2=S)CC1. The lowest BCUT2D eigenvalue weighted by Gasteiger charge is -2.32. The molecule has 2 amide bonds. The first-order valence-corrected chi connectivity index (χ1v) is 10.3. The maximum Gasteiger partial charge on any atom is 0.266 e. The van der Waals surface area contributed by atoms with Gasteiger partial charge < -0.3 is 4.90 Å². The van der Waals surface area contributed by atoms with Crippen LogP contribution in [0.15, 0.2) is 29.2 Å². The second kappa shape index (κ2) is 9.16. The Kier molecular flexibility index (Phi) is 6.88. The van der Waals surface area contributed by atoms with Crippen LogP contribution >= 0.6 is 35.6 Å². The number of hydrogen-bond acceptors (Lipinski definition) is 6. The highest BCUT2D eigenvalue weighted by Gasteiger charge is 2.32. The monoisotopic (exact) mass is 424 g/mol. The van der Waals surface area contributed by atoms with E-state index in [4.69, 9.17) is 23.8 Å². The smallest absolute Gasteiger partial charge is 0.266 e. The largest absolute Gasteiger partial charge is 0.304 e. The maximum absolute atomic E-state index is 12.6. The number of rotatable bonds is 5. The quantitative estimate of drug-likeness (QED) is 0.577. The first kappa shape index (κ1) is 20.3. The third-order valence-electron chi connectivity index (χ3n) is 4.39. The van der Waals surface area contributed by atoms with Crippen molar-refractivity contribution in [3.8, 4) is 0 Å². The summed E-state index contributed by atoms with van der Waals surface area (Å²) < 4.78 is 0.479. The average molecular weight is 425 g/mol. The van der Waals surface area contributed by atoms with Gasteiger partial charge in [0.05, 0.1) is 4.91 Å². The zero-order chi connectivity index (χ0) is 19.4. The third kappa shape index (κ3) is 5.52. The van der Waals surface area contributed by atoms with Gasteiger partial charge in [-0.3, -0.25) is 19.9 Å². The van der Waals surface area contributed by atoms with Gasteiger partial charge in [0.2, 0.25) is 5.91 Å². The molecule has 6 nitrogen and oxygen atoms in total. The summed E-state index contributed by atoms with van der Waals surface area (Å²) >= 11 is 12.5. The molecule has 2 heterocycles. The van der Waals surface area contributed by atoms with E-state index in [-0.39, 0.29) is 24.8 Å². The van der Waals surface area contributed by atoms with E-state index in [1.807, 2.05) is 17.1 Å². The van der Waals surface area contributed by atoms with E-state index in [2.05, 4.69) is 17.4 Å². The molecule has 1 aromatic carbocycles. The lowest BCUT2D eigenvalue weighted by atomic mass is 10.2. The Bertz CT molecular complexity index is 761. The van der Waals surface area contributed by atoms with E-state index in [9.17, 15) is 9.59 Å². The summed E-state index contributed by atoms with van der Waals surface area (Å²) in [5.74, 6) is -0.261. The first-order valence-electron chi connectivity index (χ1n) is 8.66. The fraction of sp³-hybridized carbons (Fsp3) is 0.389. The predicted molar refractivity (Wildman–Crippen MR) is 113 cm³/mol. The number of likely N-dealkylation sites (N-methyl/N-ethyl adjacent to an activating group) is 1. The number of hydrogen-bond donors (Lipinski definition) is 1. The summed E-state index contributed by atoms with van der Waals surface area (Å²) in [7, 11) is 2.06. The lowest BCUT2D eigenvalue weighted by molar-refractivity contribution is -0.127. The van der Waals surface area contributed by atoms with Crippen molar-refractivity contribution in [3.63, 3.8) is 0 Å². The van der Waals surface area contributed by atoms with Gasteiger partial charge in [-0.2, -0.15) is 0 Å². The van der Waals surface area contributed by atoms with Crippen LogP contribution in [0.5, 0.6) is 0 Å². The number of nitrogens with zero attached hydrogens (tertiary/aromatic N) is 3. The molecule has 0 radical (unpaired) electrons. The number of piperazine rings is 1. The van der Waals surface area contributed by atoms with Crippen LogP contribution in [-0.4, -0.2) is 70.7 Å². The highest BCUT2D eigenvalue weighted by molar-refractivity contribution is 8.26. The van der Waals surface area contributed by atoms with Crippen LogP contribution in [-0.2, 0) is 9.59 Å². The molecule has 27 heavy (non-hydrogen) atoms. The van der Waals surface area contributed by atoms with Crippen LogP contribution in [0.4, 0.5) is 0 Å². The number of thiocarbonyl (C=S) groups is 1. The van der Waals surface area contributed by atoms with Crippen molar-refractivity contribution in [1.29, 1.82) is 0 Å². The van der Waals surface area contributed by atoms with E-state index < -0.39 is 0 Å². The van der Waals surface area contributed by atoms with Crippen LogP contribution in [0.2, 0.25) is 5.02 Å². The summed E-state index contributed by atoms with van der Waals surface area (Å²) in [4.78, 5) is 29.1. The summed E-state index contributed by atoms with van der Waals surface area (Å²) in [5.41, 5.74) is 3.78. The molecule has 0 atom stereocenters. The molecule has 0 unspecified atom stereocenters. The number of halogens is 1. The minimum atomic E-state index is -0.160. The van der Waals surface area contributed by atoms with Gasteiger partial charge in [0, 0.05) is 44.2 Å². The van der Waals surface area contributed by atoms with Crippen molar-refractivity contribution in [2.45, 2.75) is 6.42 Å². The molecular formula is C18H21ClN4O2S2.